The van der Waals surface area contributed by atoms with Crippen LogP contribution in [-0.2, 0) is 10.0 Å². The monoisotopic (exact) mass is 456 g/mol. The van der Waals surface area contributed by atoms with Gasteiger partial charge in [0.15, 0.2) is 5.69 Å². The number of aryl methyl sites for hydroxylation is 1. The second-order valence-electron chi connectivity index (χ2n) is 7.45. The Kier molecular flexibility index (Phi) is 5.90. The quantitative estimate of drug-likeness (QED) is 0.636. The van der Waals surface area contributed by atoms with Crippen molar-refractivity contribution in [1.82, 2.24) is 14.1 Å². The summed E-state index contributed by atoms with van der Waals surface area (Å²) in [6.45, 7) is 2.50. The molecule has 2 heterocycles. The lowest BCUT2D eigenvalue weighted by Crippen LogP contribution is -2.28. The van der Waals surface area contributed by atoms with E-state index in [1.807, 2.05) is 0 Å². The molecule has 2 aromatic carbocycles. The van der Waals surface area contributed by atoms with Crippen molar-refractivity contribution in [1.29, 1.82) is 0 Å². The van der Waals surface area contributed by atoms with Crippen molar-refractivity contribution in [3.8, 4) is 5.69 Å². The Morgan fingerprint density at radius 1 is 1.06 bits per heavy atom. The van der Waals surface area contributed by atoms with Crippen LogP contribution in [0.1, 0.15) is 29.0 Å². The van der Waals surface area contributed by atoms with Crippen LogP contribution in [0.3, 0.4) is 0 Å². The third-order valence-electron chi connectivity index (χ3n) is 5.20. The molecule has 0 spiro atoms. The Labute approximate surface area is 184 Å². The molecule has 166 valence electrons. The normalized spacial score (nSPS) is 14.4. The van der Waals surface area contributed by atoms with Crippen LogP contribution < -0.4 is 10.7 Å². The van der Waals surface area contributed by atoms with Gasteiger partial charge in [-0.25, -0.2) is 17.5 Å². The van der Waals surface area contributed by atoms with E-state index in [-0.39, 0.29) is 16.3 Å². The summed E-state index contributed by atoms with van der Waals surface area (Å²) in [7, 11) is -3.66. The Balaban J connectivity index is 1.65. The number of nitrogens with zero attached hydrogens (tertiary/aromatic N) is 3. The Bertz CT molecular complexity index is 1350. The highest BCUT2D eigenvalue weighted by Gasteiger charge is 2.27. The molecule has 0 unspecified atom stereocenters. The molecule has 3 aromatic rings. The summed E-state index contributed by atoms with van der Waals surface area (Å²) in [5.74, 6) is -1.38. The van der Waals surface area contributed by atoms with Gasteiger partial charge in [0.05, 0.1) is 4.90 Å². The summed E-state index contributed by atoms with van der Waals surface area (Å²) in [5, 5.41) is 6.58. The van der Waals surface area contributed by atoms with Gasteiger partial charge in [-0.15, -0.1) is 0 Å². The van der Waals surface area contributed by atoms with Gasteiger partial charge in [0.1, 0.15) is 11.5 Å². The van der Waals surface area contributed by atoms with Gasteiger partial charge in [0.25, 0.3) is 5.91 Å². The van der Waals surface area contributed by atoms with Crippen LogP contribution in [0.15, 0.2) is 64.3 Å². The molecule has 1 aliphatic heterocycles. The van der Waals surface area contributed by atoms with Crippen LogP contribution in [0.5, 0.6) is 0 Å². The molecule has 0 atom stereocenters. The molecule has 1 N–H and O–H groups in total. The summed E-state index contributed by atoms with van der Waals surface area (Å²) in [5.41, 5.74) is -0.414. The predicted octanol–water partition coefficient (Wildman–Crippen LogP) is 2.72. The van der Waals surface area contributed by atoms with E-state index in [1.54, 1.807) is 13.0 Å². The van der Waals surface area contributed by atoms with Crippen molar-refractivity contribution in [2.75, 3.05) is 18.4 Å². The fraction of sp³-hybridized carbons (Fsp3) is 0.227. The molecule has 0 saturated carbocycles. The van der Waals surface area contributed by atoms with E-state index in [9.17, 15) is 22.4 Å². The number of hydrogen-bond acceptors (Lipinski definition) is 5. The lowest BCUT2D eigenvalue weighted by atomic mass is 10.2. The fourth-order valence-corrected chi connectivity index (χ4v) is 5.14. The maximum Gasteiger partial charge on any atom is 0.280 e. The zero-order valence-electron chi connectivity index (χ0n) is 17.3. The number of aromatic nitrogens is 2. The Morgan fingerprint density at radius 3 is 2.50 bits per heavy atom. The van der Waals surface area contributed by atoms with Gasteiger partial charge < -0.3 is 5.32 Å². The van der Waals surface area contributed by atoms with Gasteiger partial charge in [0, 0.05) is 30.5 Å². The maximum absolute atomic E-state index is 14.2. The smallest absolute Gasteiger partial charge is 0.280 e. The van der Waals surface area contributed by atoms with Gasteiger partial charge in [-0.3, -0.25) is 9.59 Å². The van der Waals surface area contributed by atoms with Crippen molar-refractivity contribution in [2.45, 2.75) is 24.7 Å². The van der Waals surface area contributed by atoms with E-state index < -0.39 is 32.9 Å². The number of para-hydroxylation sites is 1. The first-order valence-electron chi connectivity index (χ1n) is 10.0. The lowest BCUT2D eigenvalue weighted by molar-refractivity contribution is 0.101. The second-order valence-corrected chi connectivity index (χ2v) is 9.39. The summed E-state index contributed by atoms with van der Waals surface area (Å²) >= 11 is 0. The molecule has 0 bridgehead atoms. The van der Waals surface area contributed by atoms with Gasteiger partial charge in [0.2, 0.25) is 15.5 Å². The molecule has 32 heavy (non-hydrogen) atoms. The van der Waals surface area contributed by atoms with Gasteiger partial charge in [-0.05, 0) is 50.1 Å². The van der Waals surface area contributed by atoms with Crippen LogP contribution in [0.2, 0.25) is 0 Å². The summed E-state index contributed by atoms with van der Waals surface area (Å²) < 4.78 is 42.4. The average Bonchev–Trinajstić information content (AvgIpc) is 3.31. The van der Waals surface area contributed by atoms with Crippen LogP contribution in [0.25, 0.3) is 5.69 Å². The van der Waals surface area contributed by atoms with Crippen molar-refractivity contribution >= 4 is 21.6 Å². The number of rotatable bonds is 5. The van der Waals surface area contributed by atoms with Gasteiger partial charge >= 0.3 is 0 Å². The number of hydrogen-bond donors (Lipinski definition) is 1. The number of anilines is 1. The zero-order chi connectivity index (χ0) is 22.9. The molecule has 1 aliphatic rings. The minimum Gasteiger partial charge on any atom is -0.320 e. The summed E-state index contributed by atoms with van der Waals surface area (Å²) in [6, 6.07) is 12.9. The SMILES string of the molecule is Cc1cc(=O)c(C(=O)Nc2cccc(S(=O)(=O)N3CCCC3)c2)nn1-c1ccccc1F. The van der Waals surface area contributed by atoms with Crippen LogP contribution >= 0.6 is 0 Å². The number of carbonyl (C=O) groups excluding carboxylic acids is 1. The molecule has 4 rings (SSSR count). The largest absolute Gasteiger partial charge is 0.320 e. The Hall–Kier alpha value is -3.37. The molecule has 0 radical (unpaired) electrons. The standard InChI is InChI=1S/C22H21FN4O4S/c1-15-13-20(28)21(25-27(15)19-10-3-2-9-18(19)23)22(29)24-16-7-6-8-17(14-16)32(30,31)26-11-4-5-12-26/h2-3,6-10,13-14H,4-5,11-12H2,1H3,(H,24,29). The third kappa shape index (κ3) is 4.19. The van der Waals surface area contributed by atoms with Gasteiger partial charge in [-0.2, -0.15) is 9.40 Å². The first-order chi connectivity index (χ1) is 15.3. The van der Waals surface area contributed by atoms with E-state index in [0.717, 1.165) is 12.8 Å². The van der Waals surface area contributed by atoms with E-state index >= 15 is 0 Å². The first kappa shape index (κ1) is 21.8. The summed E-state index contributed by atoms with van der Waals surface area (Å²) in [6.07, 6.45) is 1.62. The molecule has 10 heteroatoms. The van der Waals surface area contributed by atoms with Crippen LogP contribution in [0, 0.1) is 12.7 Å². The molecule has 8 nitrogen and oxygen atoms in total. The van der Waals surface area contributed by atoms with E-state index in [0.29, 0.717) is 18.8 Å². The number of halogens is 1. The number of nitrogens with one attached hydrogen (secondary N) is 1. The maximum atomic E-state index is 14.2. The molecular formula is C22H21FN4O4S. The number of sulfonamides is 1. The third-order valence-corrected chi connectivity index (χ3v) is 7.09. The number of carbonyl (C=O) groups is 1. The minimum atomic E-state index is -3.66. The highest BCUT2D eigenvalue weighted by Crippen LogP contribution is 2.23. The number of benzene rings is 2. The topological polar surface area (TPSA) is 101 Å². The van der Waals surface area contributed by atoms with Crippen LogP contribution in [0.4, 0.5) is 10.1 Å². The summed E-state index contributed by atoms with van der Waals surface area (Å²) in [4.78, 5) is 25.3. The average molecular weight is 456 g/mol. The van der Waals surface area contributed by atoms with E-state index in [4.69, 9.17) is 0 Å². The highest BCUT2D eigenvalue weighted by atomic mass is 32.2. The van der Waals surface area contributed by atoms with E-state index in [2.05, 4.69) is 10.4 Å². The first-order valence-corrected chi connectivity index (χ1v) is 11.5. The van der Waals surface area contributed by atoms with Crippen LogP contribution in [-0.4, -0.2) is 41.5 Å². The second kappa shape index (κ2) is 8.64. The van der Waals surface area contributed by atoms with Crippen molar-refractivity contribution in [3.05, 3.63) is 82.0 Å². The van der Waals surface area contributed by atoms with Crippen molar-refractivity contribution in [2.24, 2.45) is 0 Å². The van der Waals surface area contributed by atoms with Crippen molar-refractivity contribution in [3.63, 3.8) is 0 Å². The molecule has 1 amide bonds. The highest BCUT2D eigenvalue weighted by molar-refractivity contribution is 7.89. The van der Waals surface area contributed by atoms with Gasteiger partial charge in [-0.1, -0.05) is 18.2 Å². The molecular weight excluding hydrogens is 435 g/mol. The molecule has 1 fully saturated rings. The zero-order valence-corrected chi connectivity index (χ0v) is 18.1. The number of amides is 1. The lowest BCUT2D eigenvalue weighted by Gasteiger charge is -2.16. The molecule has 1 saturated heterocycles. The van der Waals surface area contributed by atoms with E-state index in [1.165, 1.54) is 57.5 Å². The molecule has 1 aromatic heterocycles. The fourth-order valence-electron chi connectivity index (χ4n) is 3.57. The minimum absolute atomic E-state index is 0.0535. The molecule has 0 aliphatic carbocycles. The van der Waals surface area contributed by atoms with Crippen molar-refractivity contribution < 1.29 is 17.6 Å². The Morgan fingerprint density at radius 2 is 1.78 bits per heavy atom. The predicted molar refractivity (Wildman–Crippen MR) is 117 cm³/mol.